The molecule has 1 aromatic carbocycles. The molecule has 2 heterocycles. The van der Waals surface area contributed by atoms with Crippen molar-refractivity contribution in [3.63, 3.8) is 0 Å². The van der Waals surface area contributed by atoms with Gasteiger partial charge in [0.1, 0.15) is 5.82 Å². The minimum absolute atomic E-state index is 0.0611. The SMILES string of the molecule is Cc1cc(F)cc(S(=O)(=O)N2CCC(N3CCNCC3)C2)c1. The minimum Gasteiger partial charge on any atom is -0.314 e. The number of piperazine rings is 1. The molecule has 0 aliphatic carbocycles. The summed E-state index contributed by atoms with van der Waals surface area (Å²) < 4.78 is 40.4. The predicted molar refractivity (Wildman–Crippen MR) is 82.7 cm³/mol. The molecule has 0 spiro atoms. The second-order valence-corrected chi connectivity index (χ2v) is 7.99. The summed E-state index contributed by atoms with van der Waals surface area (Å²) in [6.07, 6.45) is 0.841. The Bertz CT molecular complexity index is 624. The van der Waals surface area contributed by atoms with Gasteiger partial charge in [-0.3, -0.25) is 4.90 Å². The summed E-state index contributed by atoms with van der Waals surface area (Å²) in [6.45, 7) is 6.52. The molecule has 22 heavy (non-hydrogen) atoms. The lowest BCUT2D eigenvalue weighted by molar-refractivity contribution is 0.179. The van der Waals surface area contributed by atoms with E-state index in [4.69, 9.17) is 0 Å². The van der Waals surface area contributed by atoms with Gasteiger partial charge in [0.25, 0.3) is 0 Å². The lowest BCUT2D eigenvalue weighted by Gasteiger charge is -2.32. The number of aryl methyl sites for hydroxylation is 1. The van der Waals surface area contributed by atoms with Crippen LogP contribution >= 0.6 is 0 Å². The van der Waals surface area contributed by atoms with Gasteiger partial charge < -0.3 is 5.32 Å². The van der Waals surface area contributed by atoms with Crippen LogP contribution in [0.2, 0.25) is 0 Å². The summed E-state index contributed by atoms with van der Waals surface area (Å²) in [5.41, 5.74) is 0.622. The highest BCUT2D eigenvalue weighted by molar-refractivity contribution is 7.89. The van der Waals surface area contributed by atoms with Crippen LogP contribution in [0.4, 0.5) is 4.39 Å². The zero-order valence-electron chi connectivity index (χ0n) is 12.8. The fourth-order valence-corrected chi connectivity index (χ4v) is 4.88. The average molecular weight is 327 g/mol. The molecule has 7 heteroatoms. The van der Waals surface area contributed by atoms with Crippen molar-refractivity contribution in [3.8, 4) is 0 Å². The molecule has 122 valence electrons. The molecule has 0 radical (unpaired) electrons. The number of nitrogens with one attached hydrogen (secondary N) is 1. The Kier molecular flexibility index (Phi) is 4.49. The average Bonchev–Trinajstić information content (AvgIpc) is 2.98. The molecule has 5 nitrogen and oxygen atoms in total. The van der Waals surface area contributed by atoms with Gasteiger partial charge >= 0.3 is 0 Å². The van der Waals surface area contributed by atoms with E-state index in [-0.39, 0.29) is 10.9 Å². The van der Waals surface area contributed by atoms with E-state index >= 15 is 0 Å². The van der Waals surface area contributed by atoms with Crippen LogP contribution in [-0.2, 0) is 10.0 Å². The van der Waals surface area contributed by atoms with Gasteiger partial charge in [-0.2, -0.15) is 4.31 Å². The van der Waals surface area contributed by atoms with Crippen molar-refractivity contribution in [3.05, 3.63) is 29.6 Å². The standard InChI is InChI=1S/C15H22FN3O2S/c1-12-8-13(16)10-15(9-12)22(20,21)19-5-2-14(11-19)18-6-3-17-4-7-18/h8-10,14,17H,2-7,11H2,1H3. The van der Waals surface area contributed by atoms with Gasteiger partial charge in [-0.25, -0.2) is 12.8 Å². The van der Waals surface area contributed by atoms with Gasteiger partial charge in [-0.1, -0.05) is 0 Å². The third kappa shape index (κ3) is 3.17. The Labute approximate surface area is 131 Å². The Morgan fingerprint density at radius 3 is 2.59 bits per heavy atom. The second kappa shape index (κ2) is 6.23. The maximum Gasteiger partial charge on any atom is 0.243 e. The number of benzene rings is 1. The van der Waals surface area contributed by atoms with Crippen molar-refractivity contribution in [2.75, 3.05) is 39.3 Å². The van der Waals surface area contributed by atoms with Crippen molar-refractivity contribution < 1.29 is 12.8 Å². The molecule has 0 aromatic heterocycles. The van der Waals surface area contributed by atoms with E-state index in [1.54, 1.807) is 6.92 Å². The van der Waals surface area contributed by atoms with Gasteiger partial charge in [-0.05, 0) is 37.1 Å². The van der Waals surface area contributed by atoms with Gasteiger partial charge in [0.05, 0.1) is 4.90 Å². The zero-order valence-corrected chi connectivity index (χ0v) is 13.6. The van der Waals surface area contributed by atoms with Crippen LogP contribution in [0.1, 0.15) is 12.0 Å². The van der Waals surface area contributed by atoms with Crippen molar-refractivity contribution in [2.24, 2.45) is 0 Å². The highest BCUT2D eigenvalue weighted by Crippen LogP contribution is 2.25. The van der Waals surface area contributed by atoms with E-state index in [2.05, 4.69) is 10.2 Å². The predicted octanol–water partition coefficient (Wildman–Crippen LogP) is 0.802. The number of hydrogen-bond donors (Lipinski definition) is 1. The van der Waals surface area contributed by atoms with Gasteiger partial charge in [0, 0.05) is 45.3 Å². The van der Waals surface area contributed by atoms with E-state index in [0.717, 1.165) is 38.7 Å². The van der Waals surface area contributed by atoms with Crippen molar-refractivity contribution in [1.29, 1.82) is 0 Å². The molecule has 0 saturated carbocycles. The van der Waals surface area contributed by atoms with Crippen molar-refractivity contribution in [1.82, 2.24) is 14.5 Å². The number of hydrogen-bond acceptors (Lipinski definition) is 4. The summed E-state index contributed by atoms with van der Waals surface area (Å²) in [4.78, 5) is 2.41. The molecule has 2 saturated heterocycles. The van der Waals surface area contributed by atoms with E-state index in [1.165, 1.54) is 16.4 Å². The molecule has 0 amide bonds. The van der Waals surface area contributed by atoms with Gasteiger partial charge in [0.15, 0.2) is 0 Å². The normalized spacial score (nSPS) is 24.7. The summed E-state index contributed by atoms with van der Waals surface area (Å²) in [7, 11) is -3.60. The Morgan fingerprint density at radius 1 is 1.18 bits per heavy atom. The number of halogens is 1. The molecule has 2 aliphatic rings. The fraction of sp³-hybridized carbons (Fsp3) is 0.600. The lowest BCUT2D eigenvalue weighted by atomic mass is 10.2. The molecule has 0 bridgehead atoms. The molecule has 1 atom stereocenters. The fourth-order valence-electron chi connectivity index (χ4n) is 3.28. The van der Waals surface area contributed by atoms with Crippen molar-refractivity contribution in [2.45, 2.75) is 24.3 Å². The quantitative estimate of drug-likeness (QED) is 0.892. The van der Waals surface area contributed by atoms with Crippen LogP contribution in [0.5, 0.6) is 0 Å². The summed E-state index contributed by atoms with van der Waals surface area (Å²) in [5.74, 6) is -0.503. The first-order chi connectivity index (χ1) is 10.5. The highest BCUT2D eigenvalue weighted by atomic mass is 32.2. The van der Waals surface area contributed by atoms with E-state index < -0.39 is 15.8 Å². The topological polar surface area (TPSA) is 52.7 Å². The number of sulfonamides is 1. The monoisotopic (exact) mass is 327 g/mol. The summed E-state index contributed by atoms with van der Waals surface area (Å²) in [5, 5.41) is 3.30. The van der Waals surface area contributed by atoms with Crippen LogP contribution in [0.25, 0.3) is 0 Å². The van der Waals surface area contributed by atoms with Crippen molar-refractivity contribution >= 4 is 10.0 Å². The molecular formula is C15H22FN3O2S. The van der Waals surface area contributed by atoms with E-state index in [9.17, 15) is 12.8 Å². The molecule has 3 rings (SSSR count). The number of nitrogens with zero attached hydrogens (tertiary/aromatic N) is 2. The van der Waals surface area contributed by atoms with E-state index in [1.807, 2.05) is 0 Å². The zero-order chi connectivity index (χ0) is 15.7. The Hall–Kier alpha value is -1.02. The summed E-state index contributed by atoms with van der Waals surface area (Å²) in [6, 6.07) is 4.26. The third-order valence-corrected chi connectivity index (χ3v) is 6.29. The molecule has 1 N–H and O–H groups in total. The van der Waals surface area contributed by atoms with Gasteiger partial charge in [-0.15, -0.1) is 0 Å². The molecule has 1 aromatic rings. The first-order valence-corrected chi connectivity index (χ1v) is 9.13. The van der Waals surface area contributed by atoms with Gasteiger partial charge in [0.2, 0.25) is 10.0 Å². The molecule has 2 aliphatic heterocycles. The first kappa shape index (κ1) is 15.9. The van der Waals surface area contributed by atoms with E-state index in [0.29, 0.717) is 18.7 Å². The number of rotatable bonds is 3. The largest absolute Gasteiger partial charge is 0.314 e. The molecule has 1 unspecified atom stereocenters. The maximum absolute atomic E-state index is 13.5. The molecular weight excluding hydrogens is 305 g/mol. The Morgan fingerprint density at radius 2 is 1.91 bits per heavy atom. The molecule has 2 fully saturated rings. The minimum atomic E-state index is -3.60. The second-order valence-electron chi connectivity index (χ2n) is 6.06. The van der Waals surface area contributed by atoms with Crippen LogP contribution in [0.15, 0.2) is 23.1 Å². The summed E-state index contributed by atoms with van der Waals surface area (Å²) >= 11 is 0. The van der Waals surface area contributed by atoms with Crippen LogP contribution in [-0.4, -0.2) is 62.9 Å². The maximum atomic E-state index is 13.5. The first-order valence-electron chi connectivity index (χ1n) is 7.69. The Balaban J connectivity index is 1.76. The smallest absolute Gasteiger partial charge is 0.243 e. The van der Waals surface area contributed by atoms with Crippen LogP contribution < -0.4 is 5.32 Å². The lowest BCUT2D eigenvalue weighted by Crippen LogP contribution is -2.49. The van der Waals surface area contributed by atoms with Crippen LogP contribution in [0.3, 0.4) is 0 Å². The third-order valence-electron chi connectivity index (χ3n) is 4.45. The highest BCUT2D eigenvalue weighted by Gasteiger charge is 2.35. The van der Waals surface area contributed by atoms with Crippen LogP contribution in [0, 0.1) is 12.7 Å².